The molecule has 0 bridgehead atoms. The van der Waals surface area contributed by atoms with E-state index in [0.717, 1.165) is 22.4 Å². The number of aliphatic imine (C=N–C) groups is 1. The minimum absolute atomic E-state index is 0.0613. The van der Waals surface area contributed by atoms with E-state index < -0.39 is 10.0 Å². The molecule has 0 spiro atoms. The lowest BCUT2D eigenvalue weighted by Gasteiger charge is -2.14. The lowest BCUT2D eigenvalue weighted by molar-refractivity contribution is 0.597. The molecule has 0 amide bonds. The van der Waals surface area contributed by atoms with Gasteiger partial charge in [0.05, 0.1) is 11.4 Å². The molecule has 9 heteroatoms. The summed E-state index contributed by atoms with van der Waals surface area (Å²) in [5.74, 6) is 1.06. The minimum atomic E-state index is -3.75. The van der Waals surface area contributed by atoms with E-state index in [1.165, 1.54) is 18.2 Å². The average Bonchev–Trinajstić information content (AvgIpc) is 2.65. The number of nitrogens with two attached hydrogens (primary N) is 1. The molecule has 0 unspecified atom stereocenters. The van der Waals surface area contributed by atoms with E-state index in [2.05, 4.69) is 15.6 Å². The zero-order valence-electron chi connectivity index (χ0n) is 15.9. The van der Waals surface area contributed by atoms with Gasteiger partial charge in [-0.15, -0.1) is 0 Å². The van der Waals surface area contributed by atoms with Crippen LogP contribution in [0, 0.1) is 5.82 Å². The third-order valence-corrected chi connectivity index (χ3v) is 5.42. The van der Waals surface area contributed by atoms with Crippen molar-refractivity contribution in [3.8, 4) is 0 Å². The summed E-state index contributed by atoms with van der Waals surface area (Å²) >= 11 is 1.63. The Kier molecular flexibility index (Phi) is 8.28. The molecular formula is C19H25FN4O2S2. The van der Waals surface area contributed by atoms with E-state index in [-0.39, 0.29) is 10.7 Å². The Labute approximate surface area is 169 Å². The topological polar surface area (TPSA) is 96.6 Å². The highest BCUT2D eigenvalue weighted by atomic mass is 32.2. The number of thioether (sulfide) groups is 1. The van der Waals surface area contributed by atoms with Gasteiger partial charge in [-0.2, -0.15) is 11.8 Å². The van der Waals surface area contributed by atoms with E-state index in [0.29, 0.717) is 25.6 Å². The van der Waals surface area contributed by atoms with E-state index in [9.17, 15) is 12.8 Å². The fourth-order valence-corrected chi connectivity index (χ4v) is 3.73. The van der Waals surface area contributed by atoms with Crippen molar-refractivity contribution in [3.63, 3.8) is 0 Å². The summed E-state index contributed by atoms with van der Waals surface area (Å²) in [4.78, 5) is 4.56. The second-order valence-electron chi connectivity index (χ2n) is 6.09. The van der Waals surface area contributed by atoms with Crippen LogP contribution in [-0.2, 0) is 28.9 Å². The van der Waals surface area contributed by atoms with Crippen molar-refractivity contribution in [3.05, 3.63) is 65.0 Å². The highest BCUT2D eigenvalue weighted by Crippen LogP contribution is 2.16. The maximum atomic E-state index is 13.5. The van der Waals surface area contributed by atoms with Gasteiger partial charge in [-0.1, -0.05) is 18.2 Å². The maximum absolute atomic E-state index is 13.5. The van der Waals surface area contributed by atoms with Crippen molar-refractivity contribution in [2.45, 2.75) is 30.7 Å². The number of guanidine groups is 1. The number of rotatable bonds is 8. The predicted molar refractivity (Wildman–Crippen MR) is 113 cm³/mol. The molecule has 0 aliphatic rings. The van der Waals surface area contributed by atoms with Gasteiger partial charge in [0.1, 0.15) is 5.82 Å². The number of primary sulfonamides is 1. The summed E-state index contributed by atoms with van der Waals surface area (Å²) in [7, 11) is -3.75. The van der Waals surface area contributed by atoms with Crippen molar-refractivity contribution >= 4 is 27.7 Å². The van der Waals surface area contributed by atoms with Crippen molar-refractivity contribution < 1.29 is 12.8 Å². The SMILES string of the molecule is CCNC(=NCc1cccc(S(N)(=O)=O)c1)NCc1ccc(F)cc1CSC. The maximum Gasteiger partial charge on any atom is 0.238 e. The summed E-state index contributed by atoms with van der Waals surface area (Å²) in [6.07, 6.45) is 1.98. The fraction of sp³-hybridized carbons (Fsp3) is 0.316. The highest BCUT2D eigenvalue weighted by molar-refractivity contribution is 7.97. The van der Waals surface area contributed by atoms with Crippen molar-refractivity contribution in [1.82, 2.24) is 10.6 Å². The second-order valence-corrected chi connectivity index (χ2v) is 8.51. The molecule has 0 atom stereocenters. The normalized spacial score (nSPS) is 12.1. The van der Waals surface area contributed by atoms with Crippen LogP contribution in [0.15, 0.2) is 52.4 Å². The molecule has 152 valence electrons. The Bertz CT molecular complexity index is 933. The van der Waals surface area contributed by atoms with Gasteiger partial charge in [0.15, 0.2) is 5.96 Å². The largest absolute Gasteiger partial charge is 0.357 e. The lowest BCUT2D eigenvalue weighted by atomic mass is 10.1. The molecule has 0 aliphatic heterocycles. The Morgan fingerprint density at radius 2 is 1.96 bits per heavy atom. The summed E-state index contributed by atoms with van der Waals surface area (Å²) in [5.41, 5.74) is 2.67. The monoisotopic (exact) mass is 424 g/mol. The lowest BCUT2D eigenvalue weighted by Crippen LogP contribution is -2.37. The van der Waals surface area contributed by atoms with Crippen LogP contribution >= 0.6 is 11.8 Å². The van der Waals surface area contributed by atoms with E-state index in [4.69, 9.17) is 5.14 Å². The van der Waals surface area contributed by atoms with E-state index >= 15 is 0 Å². The number of hydrogen-bond donors (Lipinski definition) is 3. The first-order chi connectivity index (χ1) is 13.3. The Morgan fingerprint density at radius 3 is 2.64 bits per heavy atom. The van der Waals surface area contributed by atoms with E-state index in [1.807, 2.05) is 13.2 Å². The predicted octanol–water partition coefficient (Wildman–Crippen LogP) is 2.59. The van der Waals surface area contributed by atoms with Crippen molar-refractivity contribution in [2.75, 3.05) is 12.8 Å². The highest BCUT2D eigenvalue weighted by Gasteiger charge is 2.08. The Morgan fingerprint density at radius 1 is 1.18 bits per heavy atom. The Hall–Kier alpha value is -2.10. The standard InChI is InChI=1S/C19H25FN4O2S2/c1-3-22-19(23-11-14-5-4-6-18(9-14)28(21,25)26)24-12-15-7-8-17(20)10-16(15)13-27-2/h4-10H,3,11-13H2,1-2H3,(H2,21,25,26)(H2,22,23,24). The van der Waals surface area contributed by atoms with Crippen LogP contribution in [0.3, 0.4) is 0 Å². The molecule has 28 heavy (non-hydrogen) atoms. The van der Waals surface area contributed by atoms with Crippen LogP contribution in [0.5, 0.6) is 0 Å². The molecule has 0 saturated heterocycles. The summed E-state index contributed by atoms with van der Waals surface area (Å²) in [6.45, 7) is 3.42. The minimum Gasteiger partial charge on any atom is -0.357 e. The van der Waals surface area contributed by atoms with Crippen LogP contribution in [0.4, 0.5) is 4.39 Å². The molecule has 4 N–H and O–H groups in total. The zero-order chi connectivity index (χ0) is 20.6. The molecule has 2 aromatic carbocycles. The van der Waals surface area contributed by atoms with Gasteiger partial charge in [-0.05, 0) is 54.1 Å². The molecule has 0 fully saturated rings. The van der Waals surface area contributed by atoms with Gasteiger partial charge in [0, 0.05) is 18.8 Å². The number of nitrogens with zero attached hydrogens (tertiary/aromatic N) is 1. The third kappa shape index (κ3) is 6.81. The van der Waals surface area contributed by atoms with Gasteiger partial charge >= 0.3 is 0 Å². The molecule has 2 rings (SSSR count). The quantitative estimate of drug-likeness (QED) is 0.447. The molecule has 0 heterocycles. The summed E-state index contributed by atoms with van der Waals surface area (Å²) in [5, 5.41) is 11.6. The molecule has 6 nitrogen and oxygen atoms in total. The van der Waals surface area contributed by atoms with Gasteiger partial charge in [-0.3, -0.25) is 0 Å². The molecular weight excluding hydrogens is 399 g/mol. The molecule has 0 saturated carbocycles. The fourth-order valence-electron chi connectivity index (χ4n) is 2.57. The van der Waals surface area contributed by atoms with Gasteiger partial charge < -0.3 is 10.6 Å². The van der Waals surface area contributed by atoms with Gasteiger partial charge in [0.2, 0.25) is 10.0 Å². The third-order valence-electron chi connectivity index (χ3n) is 3.91. The molecule has 0 aliphatic carbocycles. The average molecular weight is 425 g/mol. The summed E-state index contributed by atoms with van der Waals surface area (Å²) in [6, 6.07) is 11.2. The summed E-state index contributed by atoms with van der Waals surface area (Å²) < 4.78 is 36.5. The number of sulfonamides is 1. The van der Waals surface area contributed by atoms with Crippen LogP contribution in [-0.4, -0.2) is 27.2 Å². The number of benzene rings is 2. The Balaban J connectivity index is 2.11. The first-order valence-electron chi connectivity index (χ1n) is 8.73. The number of nitrogens with one attached hydrogen (secondary N) is 2. The van der Waals surface area contributed by atoms with Crippen LogP contribution in [0.2, 0.25) is 0 Å². The smallest absolute Gasteiger partial charge is 0.238 e. The van der Waals surface area contributed by atoms with Crippen molar-refractivity contribution in [1.29, 1.82) is 0 Å². The van der Waals surface area contributed by atoms with Gasteiger partial charge in [0.25, 0.3) is 0 Å². The number of halogens is 1. The first kappa shape index (κ1) is 22.2. The second kappa shape index (κ2) is 10.4. The van der Waals surface area contributed by atoms with Crippen molar-refractivity contribution in [2.24, 2.45) is 10.1 Å². The van der Waals surface area contributed by atoms with Crippen LogP contribution < -0.4 is 15.8 Å². The van der Waals surface area contributed by atoms with Crippen LogP contribution in [0.25, 0.3) is 0 Å². The molecule has 2 aromatic rings. The van der Waals surface area contributed by atoms with Gasteiger partial charge in [-0.25, -0.2) is 22.9 Å². The number of hydrogen-bond acceptors (Lipinski definition) is 4. The zero-order valence-corrected chi connectivity index (χ0v) is 17.5. The van der Waals surface area contributed by atoms with Crippen LogP contribution in [0.1, 0.15) is 23.6 Å². The van der Waals surface area contributed by atoms with E-state index in [1.54, 1.807) is 36.0 Å². The molecule has 0 aromatic heterocycles. The molecule has 0 radical (unpaired) electrons. The first-order valence-corrected chi connectivity index (χ1v) is 11.7.